The van der Waals surface area contributed by atoms with Gasteiger partial charge in [0.2, 0.25) is 0 Å². The molecule has 0 unspecified atom stereocenters. The quantitative estimate of drug-likeness (QED) is 0.237. The van der Waals surface area contributed by atoms with Crippen LogP contribution in [-0.2, 0) is 5.75 Å². The Morgan fingerprint density at radius 2 is 1.74 bits per heavy atom. The van der Waals surface area contributed by atoms with Crippen LogP contribution in [0.2, 0.25) is 0 Å². The van der Waals surface area contributed by atoms with E-state index in [1.165, 1.54) is 11.8 Å². The number of carbonyl (C=O) groups is 1. The number of aromatic nitrogens is 5. The van der Waals surface area contributed by atoms with Crippen molar-refractivity contribution in [2.24, 2.45) is 0 Å². The monoisotopic (exact) mass is 538 g/mol. The van der Waals surface area contributed by atoms with Crippen molar-refractivity contribution in [2.75, 3.05) is 11.9 Å². The lowest BCUT2D eigenvalue weighted by Crippen LogP contribution is -2.15. The summed E-state index contributed by atoms with van der Waals surface area (Å²) in [4.78, 5) is 22.2. The Morgan fingerprint density at radius 3 is 2.38 bits per heavy atom. The number of rotatable bonds is 8. The zero-order chi connectivity index (χ0) is 24.1. The maximum atomic E-state index is 13.2. The molecule has 0 saturated heterocycles. The third kappa shape index (κ3) is 5.81. The average molecular weight is 539 g/mol. The normalized spacial score (nSPS) is 10.8. The molecule has 2 heterocycles. The smallest absolute Gasteiger partial charge is 0.278 e. The van der Waals surface area contributed by atoms with E-state index < -0.39 is 0 Å². The predicted octanol–water partition coefficient (Wildman–Crippen LogP) is 5.38. The highest BCUT2D eigenvalue weighted by Gasteiger charge is 2.22. The molecule has 2 aromatic carbocycles. The molecule has 4 aromatic rings. The van der Waals surface area contributed by atoms with Crippen LogP contribution < -0.4 is 10.1 Å². The van der Waals surface area contributed by atoms with Gasteiger partial charge in [0, 0.05) is 27.3 Å². The molecular formula is C24H23BrN6O2S. The van der Waals surface area contributed by atoms with Gasteiger partial charge in [-0.2, -0.15) is 0 Å². The fraction of sp³-hybridized carbons (Fsp3) is 0.208. The summed E-state index contributed by atoms with van der Waals surface area (Å²) in [6, 6.07) is 16.8. The van der Waals surface area contributed by atoms with Crippen LogP contribution >= 0.6 is 27.7 Å². The lowest BCUT2D eigenvalue weighted by Gasteiger charge is -2.09. The SMILES string of the molecule is CCOc1ccc(NC(=O)c2nnn(-c3ccc(Br)cc3)c2CSc2nc(C)cc(C)n2)cc1. The number of nitrogens with zero attached hydrogens (tertiary/aromatic N) is 5. The first-order valence-corrected chi connectivity index (χ1v) is 12.4. The number of thioether (sulfide) groups is 1. The summed E-state index contributed by atoms with van der Waals surface area (Å²) >= 11 is 4.89. The van der Waals surface area contributed by atoms with Crippen molar-refractivity contribution in [3.63, 3.8) is 0 Å². The largest absolute Gasteiger partial charge is 0.494 e. The molecule has 174 valence electrons. The molecule has 0 spiro atoms. The van der Waals surface area contributed by atoms with Gasteiger partial charge in [-0.1, -0.05) is 32.9 Å². The summed E-state index contributed by atoms with van der Waals surface area (Å²) < 4.78 is 8.09. The van der Waals surface area contributed by atoms with Gasteiger partial charge in [-0.3, -0.25) is 4.79 Å². The van der Waals surface area contributed by atoms with Crippen molar-refractivity contribution in [1.82, 2.24) is 25.0 Å². The van der Waals surface area contributed by atoms with Crippen molar-refractivity contribution < 1.29 is 9.53 Å². The van der Waals surface area contributed by atoms with Gasteiger partial charge in [0.25, 0.3) is 5.91 Å². The molecule has 10 heteroatoms. The molecule has 0 radical (unpaired) electrons. The van der Waals surface area contributed by atoms with Crippen LogP contribution in [0.15, 0.2) is 64.2 Å². The molecule has 0 aliphatic carbocycles. The lowest BCUT2D eigenvalue weighted by atomic mass is 10.2. The first-order chi connectivity index (χ1) is 16.4. The molecule has 0 bridgehead atoms. The highest BCUT2D eigenvalue weighted by Crippen LogP contribution is 2.25. The number of anilines is 1. The number of ether oxygens (including phenoxy) is 1. The van der Waals surface area contributed by atoms with Gasteiger partial charge in [-0.15, -0.1) is 5.10 Å². The number of benzene rings is 2. The van der Waals surface area contributed by atoms with E-state index in [1.807, 2.05) is 63.2 Å². The van der Waals surface area contributed by atoms with Crippen LogP contribution in [0.5, 0.6) is 5.75 Å². The maximum Gasteiger partial charge on any atom is 0.278 e. The van der Waals surface area contributed by atoms with Crippen LogP contribution in [0.4, 0.5) is 5.69 Å². The number of carbonyl (C=O) groups excluding carboxylic acids is 1. The molecule has 1 N–H and O–H groups in total. The maximum absolute atomic E-state index is 13.2. The lowest BCUT2D eigenvalue weighted by molar-refractivity contribution is 0.102. The van der Waals surface area contributed by atoms with E-state index in [1.54, 1.807) is 16.8 Å². The van der Waals surface area contributed by atoms with Gasteiger partial charge in [-0.05, 0) is 75.4 Å². The van der Waals surface area contributed by atoms with Crippen LogP contribution in [0.3, 0.4) is 0 Å². The van der Waals surface area contributed by atoms with Crippen molar-refractivity contribution >= 4 is 39.3 Å². The molecule has 0 fully saturated rings. The third-order valence-corrected chi connectivity index (χ3v) is 6.16. The molecule has 8 nitrogen and oxygen atoms in total. The Morgan fingerprint density at radius 1 is 1.06 bits per heavy atom. The summed E-state index contributed by atoms with van der Waals surface area (Å²) in [5.74, 6) is 0.814. The van der Waals surface area contributed by atoms with Gasteiger partial charge in [0.1, 0.15) is 5.75 Å². The molecule has 0 atom stereocenters. The Hall–Kier alpha value is -3.24. The second kappa shape index (κ2) is 10.8. The summed E-state index contributed by atoms with van der Waals surface area (Å²) in [6.45, 7) is 6.37. The van der Waals surface area contributed by atoms with Crippen LogP contribution in [0.25, 0.3) is 5.69 Å². The van der Waals surface area contributed by atoms with E-state index in [9.17, 15) is 4.79 Å². The van der Waals surface area contributed by atoms with E-state index >= 15 is 0 Å². The van der Waals surface area contributed by atoms with E-state index in [-0.39, 0.29) is 11.6 Å². The van der Waals surface area contributed by atoms with Crippen molar-refractivity contribution in [3.05, 3.63) is 81.8 Å². The molecule has 2 aromatic heterocycles. The van der Waals surface area contributed by atoms with Crippen molar-refractivity contribution in [1.29, 1.82) is 0 Å². The first kappa shape index (κ1) is 23.9. The molecule has 34 heavy (non-hydrogen) atoms. The molecule has 0 aliphatic rings. The fourth-order valence-electron chi connectivity index (χ4n) is 3.28. The molecule has 1 amide bonds. The number of nitrogens with one attached hydrogen (secondary N) is 1. The summed E-state index contributed by atoms with van der Waals surface area (Å²) in [6.07, 6.45) is 0. The number of amides is 1. The highest BCUT2D eigenvalue weighted by molar-refractivity contribution is 9.10. The van der Waals surface area contributed by atoms with Gasteiger partial charge in [0.05, 0.1) is 18.0 Å². The average Bonchev–Trinajstić information content (AvgIpc) is 3.23. The number of hydrogen-bond donors (Lipinski definition) is 1. The Kier molecular flexibility index (Phi) is 7.59. The third-order valence-electron chi connectivity index (χ3n) is 4.77. The zero-order valence-electron chi connectivity index (χ0n) is 18.9. The van der Waals surface area contributed by atoms with E-state index in [0.29, 0.717) is 28.9 Å². The minimum absolute atomic E-state index is 0.244. The van der Waals surface area contributed by atoms with Crippen LogP contribution in [-0.4, -0.2) is 37.5 Å². The first-order valence-electron chi connectivity index (χ1n) is 10.6. The standard InChI is InChI=1S/C24H23BrN6O2S/c1-4-33-20-11-7-18(8-12-20)28-23(32)22-21(14-34-24-26-15(2)13-16(3)27-24)31(30-29-22)19-9-5-17(25)6-10-19/h5-13H,4,14H2,1-3H3,(H,28,32). The van der Waals surface area contributed by atoms with Gasteiger partial charge >= 0.3 is 0 Å². The van der Waals surface area contributed by atoms with E-state index in [0.717, 1.165) is 27.3 Å². The number of aryl methyl sites for hydroxylation is 2. The van der Waals surface area contributed by atoms with Crippen LogP contribution in [0, 0.1) is 13.8 Å². The molecular weight excluding hydrogens is 516 g/mol. The van der Waals surface area contributed by atoms with Crippen molar-refractivity contribution in [2.45, 2.75) is 31.7 Å². The van der Waals surface area contributed by atoms with Gasteiger partial charge < -0.3 is 10.1 Å². The minimum Gasteiger partial charge on any atom is -0.494 e. The predicted molar refractivity (Wildman–Crippen MR) is 136 cm³/mol. The zero-order valence-corrected chi connectivity index (χ0v) is 21.4. The fourth-order valence-corrected chi connectivity index (χ4v) is 4.49. The van der Waals surface area contributed by atoms with E-state index in [2.05, 4.69) is 41.5 Å². The topological polar surface area (TPSA) is 94.8 Å². The Labute approximate surface area is 210 Å². The highest BCUT2D eigenvalue weighted by atomic mass is 79.9. The second-order valence-corrected chi connectivity index (χ2v) is 9.26. The van der Waals surface area contributed by atoms with E-state index in [4.69, 9.17) is 4.74 Å². The second-order valence-electron chi connectivity index (χ2n) is 7.41. The van der Waals surface area contributed by atoms with Gasteiger partial charge in [0.15, 0.2) is 10.9 Å². The Bertz CT molecular complexity index is 1270. The number of hydrogen-bond acceptors (Lipinski definition) is 7. The molecule has 0 aliphatic heterocycles. The summed E-state index contributed by atoms with van der Waals surface area (Å²) in [5.41, 5.74) is 4.12. The van der Waals surface area contributed by atoms with Gasteiger partial charge in [-0.25, -0.2) is 14.6 Å². The molecule has 4 rings (SSSR count). The minimum atomic E-state index is -0.343. The number of halogens is 1. The summed E-state index contributed by atoms with van der Waals surface area (Å²) in [5, 5.41) is 12.0. The van der Waals surface area contributed by atoms with Crippen molar-refractivity contribution in [3.8, 4) is 11.4 Å². The Balaban J connectivity index is 1.62. The van der Waals surface area contributed by atoms with Crippen LogP contribution in [0.1, 0.15) is 34.5 Å². The molecule has 0 saturated carbocycles. The summed E-state index contributed by atoms with van der Waals surface area (Å²) in [7, 11) is 0.